The van der Waals surface area contributed by atoms with Gasteiger partial charge in [0.25, 0.3) is 5.91 Å². The summed E-state index contributed by atoms with van der Waals surface area (Å²) < 4.78 is 5.02. The summed E-state index contributed by atoms with van der Waals surface area (Å²) in [6.45, 7) is 0. The second-order valence-corrected chi connectivity index (χ2v) is 4.32. The topological polar surface area (TPSA) is 64.1 Å². The minimum absolute atomic E-state index is 0.124. The number of halogens is 2. The fraction of sp³-hybridized carbons (Fsp3) is 0.0833. The maximum absolute atomic E-state index is 11.9. The fourth-order valence-corrected chi connectivity index (χ4v) is 1.80. The Morgan fingerprint density at radius 1 is 1.32 bits per heavy atom. The molecular formula is C12H9Cl2N3O2. The van der Waals surface area contributed by atoms with Gasteiger partial charge in [0.2, 0.25) is 0 Å². The Bertz CT molecular complexity index is 620. The smallest absolute Gasteiger partial charge is 0.275 e. The number of methoxy groups -OCH3 is 1. The average Bonchev–Trinajstić information content (AvgIpc) is 2.39. The van der Waals surface area contributed by atoms with Gasteiger partial charge in [-0.25, -0.2) is 4.98 Å². The van der Waals surface area contributed by atoms with E-state index in [0.29, 0.717) is 16.5 Å². The third-order valence-electron chi connectivity index (χ3n) is 2.25. The molecule has 0 unspecified atom stereocenters. The summed E-state index contributed by atoms with van der Waals surface area (Å²) in [4.78, 5) is 19.5. The van der Waals surface area contributed by atoms with Crippen LogP contribution >= 0.6 is 23.2 Å². The van der Waals surface area contributed by atoms with Crippen LogP contribution in [0.1, 0.15) is 10.5 Å². The highest BCUT2D eigenvalue weighted by molar-refractivity contribution is 6.32. The first-order chi connectivity index (χ1) is 9.10. The van der Waals surface area contributed by atoms with E-state index in [4.69, 9.17) is 27.9 Å². The van der Waals surface area contributed by atoms with Crippen molar-refractivity contribution in [2.24, 2.45) is 0 Å². The zero-order chi connectivity index (χ0) is 13.8. The molecule has 5 nitrogen and oxygen atoms in total. The highest BCUT2D eigenvalue weighted by Crippen LogP contribution is 2.27. The first-order valence-corrected chi connectivity index (χ1v) is 5.98. The van der Waals surface area contributed by atoms with Crippen LogP contribution in [0.5, 0.6) is 5.75 Å². The number of nitrogens with one attached hydrogen (secondary N) is 1. The van der Waals surface area contributed by atoms with Crippen LogP contribution in [0, 0.1) is 0 Å². The van der Waals surface area contributed by atoms with Crippen molar-refractivity contribution in [1.82, 2.24) is 9.97 Å². The second kappa shape index (κ2) is 5.86. The lowest BCUT2D eigenvalue weighted by Crippen LogP contribution is -2.14. The molecule has 2 aromatic rings. The highest BCUT2D eigenvalue weighted by Gasteiger charge is 2.10. The van der Waals surface area contributed by atoms with E-state index in [0.717, 1.165) is 0 Å². The van der Waals surface area contributed by atoms with Gasteiger partial charge in [-0.05, 0) is 18.2 Å². The van der Waals surface area contributed by atoms with Crippen molar-refractivity contribution < 1.29 is 9.53 Å². The molecule has 0 atom stereocenters. The molecule has 0 bridgehead atoms. The predicted molar refractivity (Wildman–Crippen MR) is 73.0 cm³/mol. The quantitative estimate of drug-likeness (QED) is 0.946. The number of carbonyl (C=O) groups is 1. The van der Waals surface area contributed by atoms with Crippen molar-refractivity contribution in [2.75, 3.05) is 12.4 Å². The van der Waals surface area contributed by atoms with Crippen LogP contribution in [-0.4, -0.2) is 23.0 Å². The van der Waals surface area contributed by atoms with Crippen molar-refractivity contribution in [2.45, 2.75) is 0 Å². The summed E-state index contributed by atoms with van der Waals surface area (Å²) in [5.41, 5.74) is 0.650. The molecule has 0 spiro atoms. The van der Waals surface area contributed by atoms with Gasteiger partial charge in [-0.2, -0.15) is 0 Å². The van der Waals surface area contributed by atoms with Crippen LogP contribution in [0.2, 0.25) is 10.2 Å². The Labute approximate surface area is 119 Å². The third kappa shape index (κ3) is 3.33. The van der Waals surface area contributed by atoms with Crippen molar-refractivity contribution in [3.05, 3.63) is 46.5 Å². The number of aromatic nitrogens is 2. The molecule has 0 saturated carbocycles. The van der Waals surface area contributed by atoms with Crippen LogP contribution in [0.3, 0.4) is 0 Å². The molecule has 1 aromatic carbocycles. The maximum Gasteiger partial charge on any atom is 0.275 e. The lowest BCUT2D eigenvalue weighted by molar-refractivity contribution is 0.102. The molecule has 7 heteroatoms. The van der Waals surface area contributed by atoms with E-state index in [1.165, 1.54) is 19.5 Å². The first-order valence-electron chi connectivity index (χ1n) is 5.22. The summed E-state index contributed by atoms with van der Waals surface area (Å²) in [7, 11) is 1.51. The van der Waals surface area contributed by atoms with Gasteiger partial charge in [0.05, 0.1) is 24.5 Å². The molecule has 0 aliphatic heterocycles. The van der Waals surface area contributed by atoms with E-state index < -0.39 is 5.91 Å². The summed E-state index contributed by atoms with van der Waals surface area (Å²) in [6.07, 6.45) is 2.68. The van der Waals surface area contributed by atoms with Crippen LogP contribution in [0.15, 0.2) is 30.6 Å². The van der Waals surface area contributed by atoms with E-state index in [2.05, 4.69) is 15.3 Å². The van der Waals surface area contributed by atoms with Gasteiger partial charge < -0.3 is 10.1 Å². The Morgan fingerprint density at radius 3 is 2.74 bits per heavy atom. The molecule has 0 aliphatic rings. The number of anilines is 1. The monoisotopic (exact) mass is 297 g/mol. The van der Waals surface area contributed by atoms with E-state index >= 15 is 0 Å². The van der Waals surface area contributed by atoms with Crippen molar-refractivity contribution >= 4 is 34.8 Å². The summed E-state index contributed by atoms with van der Waals surface area (Å²) >= 11 is 11.6. The van der Waals surface area contributed by atoms with Crippen LogP contribution in [-0.2, 0) is 0 Å². The average molecular weight is 298 g/mol. The number of nitrogens with zero attached hydrogens (tertiary/aromatic N) is 2. The van der Waals surface area contributed by atoms with Gasteiger partial charge >= 0.3 is 0 Å². The Balaban J connectivity index is 2.17. The lowest BCUT2D eigenvalue weighted by atomic mass is 10.3. The molecule has 0 saturated heterocycles. The Hall–Kier alpha value is -1.85. The predicted octanol–water partition coefficient (Wildman–Crippen LogP) is 3.04. The van der Waals surface area contributed by atoms with Gasteiger partial charge in [0, 0.05) is 5.69 Å². The van der Waals surface area contributed by atoms with Gasteiger partial charge in [-0.15, -0.1) is 0 Å². The van der Waals surface area contributed by atoms with E-state index in [9.17, 15) is 4.79 Å². The molecule has 0 fully saturated rings. The summed E-state index contributed by atoms with van der Waals surface area (Å²) in [5.74, 6) is 0.110. The molecule has 0 aliphatic carbocycles. The molecule has 1 aromatic heterocycles. The zero-order valence-corrected chi connectivity index (χ0v) is 11.4. The Kier molecular flexibility index (Phi) is 4.19. The molecule has 1 N–H and O–H groups in total. The van der Waals surface area contributed by atoms with E-state index in [1.807, 2.05) is 0 Å². The van der Waals surface area contributed by atoms with Crippen LogP contribution in [0.25, 0.3) is 0 Å². The molecular weight excluding hydrogens is 289 g/mol. The standard InChI is InChI=1S/C12H9Cl2N3O2/c1-19-10-3-2-7(4-8(10)13)16-12(18)9-5-15-6-11(14)17-9/h2-6H,1H3,(H,16,18). The van der Waals surface area contributed by atoms with E-state index in [-0.39, 0.29) is 10.8 Å². The zero-order valence-electron chi connectivity index (χ0n) is 9.85. The van der Waals surface area contributed by atoms with Crippen LogP contribution < -0.4 is 10.1 Å². The number of carbonyl (C=O) groups excluding carboxylic acids is 1. The normalized spacial score (nSPS) is 10.1. The number of hydrogen-bond acceptors (Lipinski definition) is 4. The number of ether oxygens (including phenoxy) is 1. The third-order valence-corrected chi connectivity index (χ3v) is 2.72. The van der Waals surface area contributed by atoms with Gasteiger partial charge in [-0.3, -0.25) is 9.78 Å². The molecule has 98 valence electrons. The second-order valence-electron chi connectivity index (χ2n) is 3.53. The largest absolute Gasteiger partial charge is 0.495 e. The fourth-order valence-electron chi connectivity index (χ4n) is 1.39. The first kappa shape index (κ1) is 13.6. The number of rotatable bonds is 3. The van der Waals surface area contributed by atoms with Gasteiger partial charge in [0.15, 0.2) is 0 Å². The Morgan fingerprint density at radius 2 is 2.11 bits per heavy atom. The van der Waals surface area contributed by atoms with Crippen molar-refractivity contribution in [1.29, 1.82) is 0 Å². The summed E-state index contributed by atoms with van der Waals surface area (Å²) in [5, 5.41) is 3.19. The summed E-state index contributed by atoms with van der Waals surface area (Å²) in [6, 6.07) is 4.90. The van der Waals surface area contributed by atoms with Crippen molar-refractivity contribution in [3.63, 3.8) is 0 Å². The minimum Gasteiger partial charge on any atom is -0.495 e. The highest BCUT2D eigenvalue weighted by atomic mass is 35.5. The molecule has 1 heterocycles. The molecule has 2 rings (SSSR count). The van der Waals surface area contributed by atoms with Gasteiger partial charge in [-0.1, -0.05) is 23.2 Å². The lowest BCUT2D eigenvalue weighted by Gasteiger charge is -2.07. The SMILES string of the molecule is COc1ccc(NC(=O)c2cncc(Cl)n2)cc1Cl. The van der Waals surface area contributed by atoms with Gasteiger partial charge in [0.1, 0.15) is 16.6 Å². The molecule has 1 amide bonds. The molecule has 19 heavy (non-hydrogen) atoms. The van der Waals surface area contributed by atoms with Crippen LogP contribution in [0.4, 0.5) is 5.69 Å². The maximum atomic E-state index is 11.9. The molecule has 0 radical (unpaired) electrons. The number of amides is 1. The number of benzene rings is 1. The van der Waals surface area contributed by atoms with E-state index in [1.54, 1.807) is 18.2 Å². The minimum atomic E-state index is -0.420. The number of hydrogen-bond donors (Lipinski definition) is 1. The van der Waals surface area contributed by atoms with Crippen molar-refractivity contribution in [3.8, 4) is 5.75 Å².